The molecule has 3 N–H and O–H groups in total. The summed E-state index contributed by atoms with van der Waals surface area (Å²) in [5.41, 5.74) is 3.00. The third-order valence-corrected chi connectivity index (χ3v) is 6.77. The molecule has 0 heterocycles. The van der Waals surface area contributed by atoms with Crippen molar-refractivity contribution < 1.29 is 9.59 Å². The first kappa shape index (κ1) is 17.5. The van der Waals surface area contributed by atoms with Crippen molar-refractivity contribution in [1.82, 2.24) is 10.6 Å². The molecule has 0 saturated heterocycles. The molecule has 4 fully saturated rings. The molecule has 5 heteroatoms. The van der Waals surface area contributed by atoms with Crippen molar-refractivity contribution in [3.8, 4) is 0 Å². The lowest BCUT2D eigenvalue weighted by atomic mass is 9.53. The standard InChI is InChI=1S/C21H29N3O2/c1-13-4-3-5-18(14(13)2)23-20(26)24-19(25)12-22-21-9-15-6-16(10-21)8-17(7-15)11-21/h3-5,15-17,22H,6-12H2,1-2H3,(H2,23,24,25,26). The Labute approximate surface area is 155 Å². The second-order valence-corrected chi connectivity index (χ2v) is 8.80. The fourth-order valence-corrected chi connectivity index (χ4v) is 5.81. The molecule has 4 aliphatic carbocycles. The van der Waals surface area contributed by atoms with E-state index in [2.05, 4.69) is 16.0 Å². The van der Waals surface area contributed by atoms with Gasteiger partial charge < -0.3 is 10.6 Å². The van der Waals surface area contributed by atoms with Gasteiger partial charge in [0.25, 0.3) is 0 Å². The lowest BCUT2D eigenvalue weighted by molar-refractivity contribution is -0.120. The van der Waals surface area contributed by atoms with Crippen LogP contribution in [0.25, 0.3) is 0 Å². The highest BCUT2D eigenvalue weighted by atomic mass is 16.2. The number of benzene rings is 1. The number of hydrogen-bond donors (Lipinski definition) is 3. The van der Waals surface area contributed by atoms with Crippen molar-refractivity contribution >= 4 is 17.6 Å². The zero-order valence-electron chi connectivity index (χ0n) is 15.7. The molecule has 4 saturated carbocycles. The highest BCUT2D eigenvalue weighted by Gasteiger charge is 2.50. The SMILES string of the molecule is Cc1cccc(NC(=O)NC(=O)CNC23CC4CC(CC(C4)C2)C3)c1C. The molecule has 0 spiro atoms. The zero-order chi connectivity index (χ0) is 18.3. The second kappa shape index (κ2) is 6.69. The van der Waals surface area contributed by atoms with Crippen LogP contribution in [0, 0.1) is 31.6 Å². The third-order valence-electron chi connectivity index (χ3n) is 6.77. The molecule has 4 aliphatic rings. The first-order valence-corrected chi connectivity index (χ1v) is 9.84. The van der Waals surface area contributed by atoms with Crippen LogP contribution in [-0.4, -0.2) is 24.0 Å². The van der Waals surface area contributed by atoms with Crippen LogP contribution in [0.5, 0.6) is 0 Å². The van der Waals surface area contributed by atoms with Gasteiger partial charge in [0.2, 0.25) is 5.91 Å². The molecule has 0 aliphatic heterocycles. The summed E-state index contributed by atoms with van der Waals surface area (Å²) >= 11 is 0. The van der Waals surface area contributed by atoms with Gasteiger partial charge in [-0.3, -0.25) is 10.1 Å². The van der Waals surface area contributed by atoms with Gasteiger partial charge in [0.15, 0.2) is 0 Å². The summed E-state index contributed by atoms with van der Waals surface area (Å²) < 4.78 is 0. The quantitative estimate of drug-likeness (QED) is 0.774. The van der Waals surface area contributed by atoms with E-state index in [0.29, 0.717) is 0 Å². The van der Waals surface area contributed by atoms with E-state index in [-0.39, 0.29) is 18.0 Å². The number of hydrogen-bond acceptors (Lipinski definition) is 3. The van der Waals surface area contributed by atoms with Crippen LogP contribution in [-0.2, 0) is 4.79 Å². The number of nitrogens with one attached hydrogen (secondary N) is 3. The van der Waals surface area contributed by atoms with Gasteiger partial charge in [0, 0.05) is 11.2 Å². The molecule has 140 valence electrons. The topological polar surface area (TPSA) is 70.2 Å². The van der Waals surface area contributed by atoms with Crippen LogP contribution < -0.4 is 16.0 Å². The van der Waals surface area contributed by atoms with Crippen LogP contribution in [0.3, 0.4) is 0 Å². The molecule has 5 rings (SSSR count). The number of rotatable bonds is 4. The van der Waals surface area contributed by atoms with Crippen LogP contribution in [0.15, 0.2) is 18.2 Å². The molecule has 5 nitrogen and oxygen atoms in total. The first-order valence-electron chi connectivity index (χ1n) is 9.84. The summed E-state index contributed by atoms with van der Waals surface area (Å²) in [7, 11) is 0. The van der Waals surface area contributed by atoms with Crippen LogP contribution >= 0.6 is 0 Å². The van der Waals surface area contributed by atoms with E-state index in [1.54, 1.807) is 0 Å². The Kier molecular flexibility index (Phi) is 4.51. The molecule has 4 bridgehead atoms. The van der Waals surface area contributed by atoms with Gasteiger partial charge in [-0.05, 0) is 87.3 Å². The Balaban J connectivity index is 1.29. The summed E-state index contributed by atoms with van der Waals surface area (Å²) in [6.45, 7) is 4.17. The molecule has 26 heavy (non-hydrogen) atoms. The van der Waals surface area contributed by atoms with Crippen molar-refractivity contribution in [1.29, 1.82) is 0 Å². The Morgan fingerprint density at radius 1 is 1.04 bits per heavy atom. The maximum Gasteiger partial charge on any atom is 0.325 e. The van der Waals surface area contributed by atoms with E-state index < -0.39 is 6.03 Å². The molecule has 0 radical (unpaired) electrons. The fourth-order valence-electron chi connectivity index (χ4n) is 5.81. The minimum absolute atomic E-state index is 0.135. The van der Waals surface area contributed by atoms with E-state index in [4.69, 9.17) is 0 Å². The lowest BCUT2D eigenvalue weighted by Gasteiger charge is -2.57. The van der Waals surface area contributed by atoms with Gasteiger partial charge in [0.05, 0.1) is 6.54 Å². The number of urea groups is 1. The van der Waals surface area contributed by atoms with E-state index >= 15 is 0 Å². The van der Waals surface area contributed by atoms with Gasteiger partial charge in [-0.1, -0.05) is 12.1 Å². The van der Waals surface area contributed by atoms with Gasteiger partial charge in [0.1, 0.15) is 0 Å². The lowest BCUT2D eigenvalue weighted by Crippen LogP contribution is -2.60. The monoisotopic (exact) mass is 355 g/mol. The minimum atomic E-state index is -0.462. The highest BCUT2D eigenvalue weighted by molar-refractivity contribution is 6.02. The summed E-state index contributed by atoms with van der Waals surface area (Å²) in [6.07, 6.45) is 7.73. The Morgan fingerprint density at radius 2 is 1.65 bits per heavy atom. The molecular formula is C21H29N3O2. The number of carbonyl (C=O) groups excluding carboxylic acids is 2. The highest BCUT2D eigenvalue weighted by Crippen LogP contribution is 2.55. The largest absolute Gasteiger partial charge is 0.325 e. The van der Waals surface area contributed by atoms with Gasteiger partial charge in [-0.25, -0.2) is 4.79 Å². The zero-order valence-corrected chi connectivity index (χ0v) is 15.7. The molecule has 1 aromatic carbocycles. The average Bonchev–Trinajstić information content (AvgIpc) is 2.56. The predicted molar refractivity (Wildman–Crippen MR) is 102 cm³/mol. The molecule has 1 aromatic rings. The van der Waals surface area contributed by atoms with Crippen LogP contribution in [0.2, 0.25) is 0 Å². The average molecular weight is 355 g/mol. The van der Waals surface area contributed by atoms with Crippen molar-refractivity contribution in [2.75, 3.05) is 11.9 Å². The van der Waals surface area contributed by atoms with Crippen molar-refractivity contribution in [2.45, 2.75) is 57.9 Å². The molecular weight excluding hydrogens is 326 g/mol. The number of amides is 3. The van der Waals surface area contributed by atoms with E-state index in [9.17, 15) is 9.59 Å². The minimum Gasteiger partial charge on any atom is -0.307 e. The van der Waals surface area contributed by atoms with Crippen molar-refractivity contribution in [3.63, 3.8) is 0 Å². The molecule has 3 amide bonds. The summed E-state index contributed by atoms with van der Waals surface area (Å²) in [6, 6.07) is 5.28. The van der Waals surface area contributed by atoms with Crippen molar-refractivity contribution in [3.05, 3.63) is 29.3 Å². The number of imide groups is 1. The van der Waals surface area contributed by atoms with Gasteiger partial charge >= 0.3 is 6.03 Å². The van der Waals surface area contributed by atoms with Crippen LogP contribution in [0.1, 0.15) is 49.7 Å². The number of carbonyl (C=O) groups is 2. The molecule has 0 unspecified atom stereocenters. The Hall–Kier alpha value is -1.88. The predicted octanol–water partition coefficient (Wildman–Crippen LogP) is 3.51. The van der Waals surface area contributed by atoms with Gasteiger partial charge in [-0.15, -0.1) is 0 Å². The van der Waals surface area contributed by atoms with Crippen molar-refractivity contribution in [2.24, 2.45) is 17.8 Å². The number of anilines is 1. The van der Waals surface area contributed by atoms with E-state index in [1.807, 2.05) is 32.0 Å². The maximum atomic E-state index is 12.3. The van der Waals surface area contributed by atoms with Crippen LogP contribution in [0.4, 0.5) is 10.5 Å². The maximum absolute atomic E-state index is 12.3. The van der Waals surface area contributed by atoms with E-state index in [0.717, 1.165) is 34.6 Å². The smallest absolute Gasteiger partial charge is 0.307 e. The summed E-state index contributed by atoms with van der Waals surface area (Å²) in [5, 5.41) is 8.76. The van der Waals surface area contributed by atoms with E-state index in [1.165, 1.54) is 38.5 Å². The third kappa shape index (κ3) is 3.50. The normalized spacial score (nSPS) is 31.7. The molecule has 0 atom stereocenters. The summed E-state index contributed by atoms with van der Waals surface area (Å²) in [5.74, 6) is 2.25. The fraction of sp³-hybridized carbons (Fsp3) is 0.619. The number of aryl methyl sites for hydroxylation is 1. The second-order valence-electron chi connectivity index (χ2n) is 8.80. The Morgan fingerprint density at radius 3 is 2.27 bits per heavy atom. The first-order chi connectivity index (χ1) is 12.4. The van der Waals surface area contributed by atoms with Gasteiger partial charge in [-0.2, -0.15) is 0 Å². The Bertz CT molecular complexity index is 693. The summed E-state index contributed by atoms with van der Waals surface area (Å²) in [4.78, 5) is 24.4. The molecule has 0 aromatic heterocycles.